The van der Waals surface area contributed by atoms with E-state index in [9.17, 15) is 8.42 Å². The van der Waals surface area contributed by atoms with Crippen molar-refractivity contribution in [2.24, 2.45) is 5.92 Å². The van der Waals surface area contributed by atoms with Crippen molar-refractivity contribution in [1.82, 2.24) is 9.03 Å². The zero-order chi connectivity index (χ0) is 15.9. The van der Waals surface area contributed by atoms with Crippen LogP contribution in [0.2, 0.25) is 5.02 Å². The molecule has 0 spiro atoms. The first-order valence-electron chi connectivity index (χ1n) is 6.70. The van der Waals surface area contributed by atoms with Crippen LogP contribution in [0.1, 0.15) is 18.9 Å². The van der Waals surface area contributed by atoms with Gasteiger partial charge in [-0.25, -0.2) is 4.72 Å². The van der Waals surface area contributed by atoms with E-state index in [2.05, 4.69) is 4.72 Å². The molecule has 0 fully saturated rings. The molecule has 0 bridgehead atoms. The van der Waals surface area contributed by atoms with E-state index in [-0.39, 0.29) is 12.5 Å². The topological polar surface area (TPSA) is 73.2 Å². The molecule has 1 aromatic rings. The highest BCUT2D eigenvalue weighted by molar-refractivity contribution is 7.87. The lowest BCUT2D eigenvalue weighted by atomic mass is 10.1. The molecule has 5 nitrogen and oxygen atoms in total. The molecule has 0 saturated carbocycles. The fraction of sp³-hybridized carbons (Fsp3) is 0.500. The molecule has 1 rings (SSSR count). The van der Waals surface area contributed by atoms with Gasteiger partial charge in [0.15, 0.2) is 0 Å². The molecular weight excluding hydrogens is 310 g/mol. The molecule has 7 heteroatoms. The van der Waals surface area contributed by atoms with Gasteiger partial charge in [0.05, 0.1) is 12.0 Å². The van der Waals surface area contributed by atoms with E-state index in [1.807, 2.05) is 24.3 Å². The Kier molecular flexibility index (Phi) is 7.12. The van der Waals surface area contributed by atoms with Gasteiger partial charge in [-0.05, 0) is 37.5 Å². The van der Waals surface area contributed by atoms with E-state index in [0.717, 1.165) is 12.0 Å². The fourth-order valence-corrected chi connectivity index (χ4v) is 3.08. The van der Waals surface area contributed by atoms with Crippen LogP contribution in [0, 0.1) is 17.2 Å². The molecule has 0 saturated heterocycles. The second-order valence-electron chi connectivity index (χ2n) is 4.94. The van der Waals surface area contributed by atoms with Crippen molar-refractivity contribution in [3.8, 4) is 6.07 Å². The molecule has 0 heterocycles. The average Bonchev–Trinajstić information content (AvgIpc) is 2.43. The van der Waals surface area contributed by atoms with E-state index in [0.29, 0.717) is 18.0 Å². The number of nitrogens with zero attached hydrogens (tertiary/aromatic N) is 2. The molecule has 0 aromatic heterocycles. The van der Waals surface area contributed by atoms with Gasteiger partial charge in [-0.3, -0.25) is 0 Å². The lowest BCUT2D eigenvalue weighted by Crippen LogP contribution is -2.40. The van der Waals surface area contributed by atoms with Crippen molar-refractivity contribution >= 4 is 21.8 Å². The summed E-state index contributed by atoms with van der Waals surface area (Å²) in [6.07, 6.45) is 1.43. The number of hydrogen-bond donors (Lipinski definition) is 1. The van der Waals surface area contributed by atoms with Gasteiger partial charge in [-0.1, -0.05) is 23.7 Å². The number of halogens is 1. The van der Waals surface area contributed by atoms with E-state index in [1.54, 1.807) is 13.0 Å². The van der Waals surface area contributed by atoms with Crippen molar-refractivity contribution < 1.29 is 8.42 Å². The maximum atomic E-state index is 11.9. The van der Waals surface area contributed by atoms with Crippen LogP contribution in [0.4, 0.5) is 0 Å². The molecule has 1 aromatic carbocycles. The molecule has 0 aliphatic heterocycles. The second-order valence-corrected chi connectivity index (χ2v) is 7.24. The molecule has 21 heavy (non-hydrogen) atoms. The van der Waals surface area contributed by atoms with E-state index in [4.69, 9.17) is 16.9 Å². The van der Waals surface area contributed by atoms with Crippen LogP contribution < -0.4 is 4.72 Å². The van der Waals surface area contributed by atoms with Crippen LogP contribution in [0.15, 0.2) is 24.3 Å². The first-order valence-corrected chi connectivity index (χ1v) is 8.52. The Morgan fingerprint density at radius 1 is 1.48 bits per heavy atom. The van der Waals surface area contributed by atoms with Crippen LogP contribution >= 0.6 is 11.6 Å². The van der Waals surface area contributed by atoms with Gasteiger partial charge >= 0.3 is 0 Å². The number of nitrogens with one attached hydrogen (secondary N) is 1. The van der Waals surface area contributed by atoms with Crippen LogP contribution in [0.25, 0.3) is 0 Å². The predicted octanol–water partition coefficient (Wildman–Crippen LogP) is 2.20. The van der Waals surface area contributed by atoms with Crippen molar-refractivity contribution in [3.63, 3.8) is 0 Å². The van der Waals surface area contributed by atoms with E-state index in [1.165, 1.54) is 11.4 Å². The monoisotopic (exact) mass is 329 g/mol. The van der Waals surface area contributed by atoms with Crippen LogP contribution in [0.3, 0.4) is 0 Å². The van der Waals surface area contributed by atoms with Crippen LogP contribution in [0.5, 0.6) is 0 Å². The second kappa shape index (κ2) is 8.35. The predicted molar refractivity (Wildman–Crippen MR) is 84.1 cm³/mol. The number of hydrogen-bond acceptors (Lipinski definition) is 3. The molecule has 1 N–H and O–H groups in total. The SMILES string of the molecule is C[C@H](C#N)CN(C)S(=O)(=O)NCCCc1cccc(Cl)c1. The minimum atomic E-state index is -3.52. The third-order valence-electron chi connectivity index (χ3n) is 2.98. The van der Waals surface area contributed by atoms with Crippen molar-refractivity contribution in [2.75, 3.05) is 20.1 Å². The van der Waals surface area contributed by atoms with Crippen molar-refractivity contribution in [1.29, 1.82) is 5.26 Å². The van der Waals surface area contributed by atoms with Gasteiger partial charge in [0, 0.05) is 25.2 Å². The number of benzene rings is 1. The first kappa shape index (κ1) is 17.9. The third kappa shape index (κ3) is 6.44. The highest BCUT2D eigenvalue weighted by atomic mass is 35.5. The first-order chi connectivity index (χ1) is 9.85. The van der Waals surface area contributed by atoms with E-state index >= 15 is 0 Å². The van der Waals surface area contributed by atoms with Gasteiger partial charge in [-0.2, -0.15) is 18.0 Å². The Balaban J connectivity index is 2.39. The summed E-state index contributed by atoms with van der Waals surface area (Å²) in [4.78, 5) is 0. The maximum Gasteiger partial charge on any atom is 0.279 e. The maximum absolute atomic E-state index is 11.9. The molecule has 0 aliphatic carbocycles. The largest absolute Gasteiger partial charge is 0.279 e. The number of nitriles is 1. The minimum Gasteiger partial charge on any atom is -0.202 e. The third-order valence-corrected chi connectivity index (χ3v) is 4.75. The normalized spacial score (nSPS) is 13.1. The van der Waals surface area contributed by atoms with Gasteiger partial charge in [-0.15, -0.1) is 0 Å². The summed E-state index contributed by atoms with van der Waals surface area (Å²) in [6, 6.07) is 9.53. The summed E-state index contributed by atoms with van der Waals surface area (Å²) in [5.74, 6) is -0.335. The summed E-state index contributed by atoms with van der Waals surface area (Å²) in [5.41, 5.74) is 1.08. The van der Waals surface area contributed by atoms with Gasteiger partial charge in [0.25, 0.3) is 10.2 Å². The summed E-state index contributed by atoms with van der Waals surface area (Å²) in [5, 5.41) is 9.39. The lowest BCUT2D eigenvalue weighted by molar-refractivity contribution is 0.429. The Morgan fingerprint density at radius 3 is 2.81 bits per heavy atom. The molecule has 0 radical (unpaired) electrons. The average molecular weight is 330 g/mol. The number of rotatable bonds is 8. The van der Waals surface area contributed by atoms with Crippen LogP contribution in [-0.4, -0.2) is 32.9 Å². The quantitative estimate of drug-likeness (QED) is 0.743. The standard InChI is InChI=1S/C14H20ClN3O2S/c1-12(10-16)11-18(2)21(19,20)17-8-4-6-13-5-3-7-14(15)9-13/h3,5,7,9,12,17H,4,6,8,11H2,1-2H3/t12-/m1/s1. The smallest absolute Gasteiger partial charge is 0.202 e. The Morgan fingerprint density at radius 2 is 2.19 bits per heavy atom. The van der Waals surface area contributed by atoms with Gasteiger partial charge in [0.1, 0.15) is 0 Å². The molecule has 0 unspecified atom stereocenters. The summed E-state index contributed by atoms with van der Waals surface area (Å²) < 4.78 is 27.6. The molecule has 1 atom stereocenters. The molecule has 0 aliphatic rings. The highest BCUT2D eigenvalue weighted by Crippen LogP contribution is 2.12. The minimum absolute atomic E-state index is 0.181. The lowest BCUT2D eigenvalue weighted by Gasteiger charge is -2.18. The van der Waals surface area contributed by atoms with Gasteiger partial charge in [0.2, 0.25) is 0 Å². The van der Waals surface area contributed by atoms with Crippen molar-refractivity contribution in [2.45, 2.75) is 19.8 Å². The zero-order valence-electron chi connectivity index (χ0n) is 12.2. The highest BCUT2D eigenvalue weighted by Gasteiger charge is 2.18. The van der Waals surface area contributed by atoms with Crippen LogP contribution in [-0.2, 0) is 16.6 Å². The molecule has 116 valence electrons. The molecular formula is C14H20ClN3O2S. The van der Waals surface area contributed by atoms with Gasteiger partial charge < -0.3 is 0 Å². The zero-order valence-corrected chi connectivity index (χ0v) is 13.8. The fourth-order valence-electron chi connectivity index (χ4n) is 1.82. The summed E-state index contributed by atoms with van der Waals surface area (Å²) >= 11 is 5.89. The summed E-state index contributed by atoms with van der Waals surface area (Å²) in [7, 11) is -2.06. The summed E-state index contributed by atoms with van der Waals surface area (Å²) in [6.45, 7) is 2.21. The Hall–Kier alpha value is -1.13. The Bertz CT molecular complexity index is 598. The Labute approximate surface area is 131 Å². The van der Waals surface area contributed by atoms with E-state index < -0.39 is 10.2 Å². The molecule has 0 amide bonds. The number of aryl methyl sites for hydroxylation is 1. The van der Waals surface area contributed by atoms with Crippen molar-refractivity contribution in [3.05, 3.63) is 34.9 Å².